The molecule has 0 radical (unpaired) electrons. The number of aryl methyl sites for hydroxylation is 3. The van der Waals surface area contributed by atoms with Gasteiger partial charge in [-0.15, -0.1) is 0 Å². The van der Waals surface area contributed by atoms with Crippen LogP contribution < -0.4 is 5.32 Å². The third kappa shape index (κ3) is 6.29. The van der Waals surface area contributed by atoms with Crippen molar-refractivity contribution in [2.24, 2.45) is 5.92 Å². The molecule has 3 aliphatic rings. The Morgan fingerprint density at radius 1 is 1.11 bits per heavy atom. The number of aliphatic carboxylic acids is 1. The molecule has 5 rings (SSSR count). The smallest absolute Gasteiger partial charge is 0.326 e. The monoisotopic (exact) mass is 476 g/mol. The second-order valence-electron chi connectivity index (χ2n) is 10.5. The number of ether oxygens (including phenoxy) is 1. The minimum absolute atomic E-state index is 0.192. The van der Waals surface area contributed by atoms with Crippen molar-refractivity contribution in [3.05, 3.63) is 64.5 Å². The molecule has 6 heteroatoms. The lowest BCUT2D eigenvalue weighted by atomic mass is 9.79. The number of pyridine rings is 1. The van der Waals surface area contributed by atoms with Crippen molar-refractivity contribution in [1.82, 2.24) is 10.3 Å². The summed E-state index contributed by atoms with van der Waals surface area (Å²) in [5.41, 5.74) is 5.63. The van der Waals surface area contributed by atoms with Crippen LogP contribution in [0.15, 0.2) is 36.4 Å². The van der Waals surface area contributed by atoms with E-state index < -0.39 is 12.0 Å². The van der Waals surface area contributed by atoms with Crippen molar-refractivity contribution in [3.63, 3.8) is 0 Å². The molecule has 0 aliphatic heterocycles. The molecule has 2 fully saturated rings. The maximum Gasteiger partial charge on any atom is 0.326 e. The van der Waals surface area contributed by atoms with Crippen molar-refractivity contribution in [2.75, 3.05) is 6.61 Å². The van der Waals surface area contributed by atoms with Crippen LogP contribution in [0, 0.1) is 5.92 Å². The summed E-state index contributed by atoms with van der Waals surface area (Å²) in [6.07, 6.45) is 11.8. The van der Waals surface area contributed by atoms with E-state index >= 15 is 0 Å². The van der Waals surface area contributed by atoms with Gasteiger partial charge in [-0.25, -0.2) is 4.79 Å². The van der Waals surface area contributed by atoms with E-state index in [-0.39, 0.29) is 18.4 Å². The van der Waals surface area contributed by atoms with Crippen LogP contribution >= 0.6 is 0 Å². The van der Waals surface area contributed by atoms with Gasteiger partial charge in [0, 0.05) is 30.0 Å². The standard InChI is InChI=1S/C29H36N2O4/c32-28(23-6-3-5-22(18-23)20-9-10-20)31-27(29(33)34)14-15-35-25-16-19(17-25)8-12-24-13-11-21-4-1-2-7-26(21)30-24/h3,5-6,11,13,18-20,25,27H,1-2,4,7-10,12,14-17H2,(H,31,32)(H,33,34). The average Bonchev–Trinajstić information content (AvgIpc) is 3.69. The van der Waals surface area contributed by atoms with Crippen molar-refractivity contribution < 1.29 is 19.4 Å². The molecule has 1 amide bonds. The van der Waals surface area contributed by atoms with Gasteiger partial charge in [-0.05, 0) is 105 Å². The minimum atomic E-state index is -1.02. The normalized spacial score (nSPS) is 22.1. The molecular formula is C29H36N2O4. The Balaban J connectivity index is 1.01. The number of rotatable bonds is 11. The van der Waals surface area contributed by atoms with Crippen LogP contribution in [-0.4, -0.2) is 40.7 Å². The molecule has 2 N–H and O–H groups in total. The summed E-state index contributed by atoms with van der Waals surface area (Å²) in [5.74, 6) is -0.165. The van der Waals surface area contributed by atoms with Gasteiger partial charge >= 0.3 is 5.97 Å². The topological polar surface area (TPSA) is 88.5 Å². The summed E-state index contributed by atoms with van der Waals surface area (Å²) in [5, 5.41) is 12.2. The van der Waals surface area contributed by atoms with Crippen LogP contribution in [0.5, 0.6) is 0 Å². The number of aromatic nitrogens is 1. The molecule has 186 valence electrons. The predicted octanol–water partition coefficient (Wildman–Crippen LogP) is 4.84. The summed E-state index contributed by atoms with van der Waals surface area (Å²) in [7, 11) is 0. The quantitative estimate of drug-likeness (QED) is 0.485. The Kier molecular flexibility index (Phi) is 7.47. The van der Waals surface area contributed by atoms with E-state index in [0.717, 1.165) is 50.5 Å². The summed E-state index contributed by atoms with van der Waals surface area (Å²) >= 11 is 0. The molecule has 0 saturated heterocycles. The van der Waals surface area contributed by atoms with Gasteiger partial charge in [-0.2, -0.15) is 0 Å². The fourth-order valence-electron chi connectivity index (χ4n) is 5.37. The zero-order valence-electron chi connectivity index (χ0n) is 20.4. The number of hydrogen-bond donors (Lipinski definition) is 2. The van der Waals surface area contributed by atoms with Crippen LogP contribution in [0.2, 0.25) is 0 Å². The van der Waals surface area contributed by atoms with E-state index in [1.54, 1.807) is 6.07 Å². The van der Waals surface area contributed by atoms with Gasteiger partial charge in [0.15, 0.2) is 0 Å². The first-order valence-corrected chi connectivity index (χ1v) is 13.3. The fourth-order valence-corrected chi connectivity index (χ4v) is 5.37. The Morgan fingerprint density at radius 3 is 2.74 bits per heavy atom. The van der Waals surface area contributed by atoms with Crippen LogP contribution in [0.25, 0.3) is 0 Å². The average molecular weight is 477 g/mol. The number of carbonyl (C=O) groups excluding carboxylic acids is 1. The maximum atomic E-state index is 12.6. The first-order valence-electron chi connectivity index (χ1n) is 13.3. The number of carboxylic acids is 1. The van der Waals surface area contributed by atoms with E-state index in [1.807, 2.05) is 18.2 Å². The van der Waals surface area contributed by atoms with Gasteiger partial charge in [0.25, 0.3) is 5.91 Å². The number of nitrogens with zero attached hydrogens (tertiary/aromatic N) is 1. The van der Waals surface area contributed by atoms with Gasteiger partial charge < -0.3 is 15.2 Å². The van der Waals surface area contributed by atoms with Gasteiger partial charge in [-0.3, -0.25) is 9.78 Å². The number of amides is 1. The van der Waals surface area contributed by atoms with Gasteiger partial charge in [-0.1, -0.05) is 18.2 Å². The molecule has 0 bridgehead atoms. The van der Waals surface area contributed by atoms with Crippen molar-refractivity contribution in [3.8, 4) is 0 Å². The predicted molar refractivity (Wildman–Crippen MR) is 134 cm³/mol. The highest BCUT2D eigenvalue weighted by atomic mass is 16.5. The van der Waals surface area contributed by atoms with Crippen LogP contribution in [0.4, 0.5) is 0 Å². The van der Waals surface area contributed by atoms with Crippen molar-refractivity contribution >= 4 is 11.9 Å². The molecule has 1 aromatic heterocycles. The lowest BCUT2D eigenvalue weighted by Gasteiger charge is -2.35. The van der Waals surface area contributed by atoms with E-state index in [1.165, 1.54) is 36.2 Å². The number of fused-ring (bicyclic) bond motifs is 1. The molecule has 6 nitrogen and oxygen atoms in total. The zero-order valence-corrected chi connectivity index (χ0v) is 20.4. The molecule has 0 spiro atoms. The van der Waals surface area contributed by atoms with Gasteiger partial charge in [0.1, 0.15) is 6.04 Å². The summed E-state index contributed by atoms with van der Waals surface area (Å²) in [6.45, 7) is 0.336. The summed E-state index contributed by atoms with van der Waals surface area (Å²) < 4.78 is 5.93. The number of nitrogens with one attached hydrogen (secondary N) is 1. The van der Waals surface area contributed by atoms with Crippen LogP contribution in [-0.2, 0) is 28.8 Å². The fraction of sp³-hybridized carbons (Fsp3) is 0.552. The first kappa shape index (κ1) is 24.0. The molecule has 2 saturated carbocycles. The number of hydrogen-bond acceptors (Lipinski definition) is 4. The Bertz CT molecular complexity index is 1060. The van der Waals surface area contributed by atoms with Crippen molar-refractivity contribution in [1.29, 1.82) is 0 Å². The molecule has 1 aromatic carbocycles. The molecular weight excluding hydrogens is 440 g/mol. The van der Waals surface area contributed by atoms with E-state index in [9.17, 15) is 14.7 Å². The summed E-state index contributed by atoms with van der Waals surface area (Å²) in [4.78, 5) is 29.2. The second-order valence-corrected chi connectivity index (χ2v) is 10.5. The highest BCUT2D eigenvalue weighted by Gasteiger charge is 2.30. The van der Waals surface area contributed by atoms with Crippen molar-refractivity contribution in [2.45, 2.75) is 88.7 Å². The molecule has 3 aliphatic carbocycles. The highest BCUT2D eigenvalue weighted by Crippen LogP contribution is 2.40. The van der Waals surface area contributed by atoms with E-state index in [4.69, 9.17) is 9.72 Å². The third-order valence-corrected chi connectivity index (χ3v) is 7.80. The molecule has 2 aromatic rings. The number of benzene rings is 1. The van der Waals surface area contributed by atoms with E-state index in [2.05, 4.69) is 17.4 Å². The van der Waals surface area contributed by atoms with Crippen LogP contribution in [0.1, 0.15) is 90.2 Å². The lowest BCUT2D eigenvalue weighted by Crippen LogP contribution is -2.42. The Labute approximate surface area is 207 Å². The SMILES string of the molecule is O=C(NC(CCOC1CC(CCc2ccc3c(n2)CCCC3)C1)C(=O)O)c1cccc(C2CC2)c1. The number of carboxylic acid groups (broad SMARTS) is 1. The molecule has 35 heavy (non-hydrogen) atoms. The highest BCUT2D eigenvalue weighted by molar-refractivity contribution is 5.96. The molecule has 1 unspecified atom stereocenters. The largest absolute Gasteiger partial charge is 0.480 e. The molecule has 1 atom stereocenters. The zero-order chi connectivity index (χ0) is 24.2. The first-order chi connectivity index (χ1) is 17.0. The number of carbonyl (C=O) groups is 2. The van der Waals surface area contributed by atoms with E-state index in [0.29, 0.717) is 24.0 Å². The minimum Gasteiger partial charge on any atom is -0.480 e. The van der Waals surface area contributed by atoms with Gasteiger partial charge in [0.2, 0.25) is 0 Å². The second kappa shape index (κ2) is 10.9. The molecule has 1 heterocycles. The third-order valence-electron chi connectivity index (χ3n) is 7.80. The van der Waals surface area contributed by atoms with Gasteiger partial charge in [0.05, 0.1) is 6.10 Å². The maximum absolute atomic E-state index is 12.6. The Hall–Kier alpha value is -2.73. The summed E-state index contributed by atoms with van der Waals surface area (Å²) in [6, 6.07) is 11.0. The van der Waals surface area contributed by atoms with Crippen LogP contribution in [0.3, 0.4) is 0 Å². The lowest BCUT2D eigenvalue weighted by molar-refractivity contribution is -0.140. The Morgan fingerprint density at radius 2 is 1.94 bits per heavy atom.